The van der Waals surface area contributed by atoms with Gasteiger partial charge in [0.05, 0.1) is 34.2 Å². The highest BCUT2D eigenvalue weighted by Crippen LogP contribution is 2.19. The van der Waals surface area contributed by atoms with Crippen LogP contribution in [0, 0.1) is 25.5 Å². The number of halogens is 2. The largest absolute Gasteiger partial charge is 0.251 e. The average molecular weight is 377 g/mol. The van der Waals surface area contributed by atoms with Crippen LogP contribution in [0.2, 0.25) is 0 Å². The Morgan fingerprint density at radius 1 is 0.714 bits per heavy atom. The molecule has 0 spiro atoms. The van der Waals surface area contributed by atoms with E-state index in [-0.39, 0.29) is 11.6 Å². The van der Waals surface area contributed by atoms with Gasteiger partial charge in [-0.1, -0.05) is 18.2 Å². The van der Waals surface area contributed by atoms with Crippen LogP contribution in [0.15, 0.2) is 64.6 Å². The van der Waals surface area contributed by atoms with E-state index in [1.54, 1.807) is 38.1 Å². The summed E-state index contributed by atoms with van der Waals surface area (Å²) in [6.07, 6.45) is 0. The highest BCUT2D eigenvalue weighted by atomic mass is 19.1. The maximum absolute atomic E-state index is 13.7. The summed E-state index contributed by atoms with van der Waals surface area (Å²) >= 11 is 0. The molecule has 1 heterocycles. The standard InChI is InChI=1S/C23H21F2N3/c1-14-8-10-18(12-20(14)24)26-16(3)22-6-5-7-23(28-22)17(4)27-19-11-9-15(2)21(25)13-19/h5-13H,1-4H3. The number of nitrogens with zero attached hydrogens (tertiary/aromatic N) is 3. The Labute approximate surface area is 163 Å². The molecule has 1 aromatic heterocycles. The summed E-state index contributed by atoms with van der Waals surface area (Å²) in [5.41, 5.74) is 4.90. The molecule has 0 saturated carbocycles. The number of pyridine rings is 1. The van der Waals surface area contributed by atoms with E-state index < -0.39 is 0 Å². The van der Waals surface area contributed by atoms with Crippen LogP contribution in [0.1, 0.15) is 36.4 Å². The minimum Gasteiger partial charge on any atom is -0.251 e. The van der Waals surface area contributed by atoms with E-state index in [1.807, 2.05) is 32.0 Å². The minimum absolute atomic E-state index is 0.288. The van der Waals surface area contributed by atoms with Gasteiger partial charge in [0, 0.05) is 0 Å². The first-order valence-electron chi connectivity index (χ1n) is 8.94. The SMILES string of the molecule is CC(=Nc1ccc(C)c(F)c1)c1cccc(C(C)=Nc2ccc(C)c(F)c2)n1. The molecule has 3 rings (SSSR count). The third kappa shape index (κ3) is 4.55. The van der Waals surface area contributed by atoms with Gasteiger partial charge in [-0.05, 0) is 75.2 Å². The van der Waals surface area contributed by atoms with Crippen molar-refractivity contribution in [3.8, 4) is 0 Å². The van der Waals surface area contributed by atoms with Gasteiger partial charge in [0.1, 0.15) is 11.6 Å². The second kappa shape index (κ2) is 8.21. The predicted octanol–water partition coefficient (Wildman–Crippen LogP) is 6.26. The van der Waals surface area contributed by atoms with E-state index >= 15 is 0 Å². The maximum atomic E-state index is 13.7. The zero-order valence-corrected chi connectivity index (χ0v) is 16.3. The lowest BCUT2D eigenvalue weighted by Gasteiger charge is -2.06. The van der Waals surface area contributed by atoms with Crippen LogP contribution in [0.5, 0.6) is 0 Å². The molecule has 0 amide bonds. The number of hydrogen-bond acceptors (Lipinski definition) is 3. The Morgan fingerprint density at radius 2 is 1.14 bits per heavy atom. The number of rotatable bonds is 4. The molecule has 0 saturated heterocycles. The lowest BCUT2D eigenvalue weighted by molar-refractivity contribution is 0.618. The lowest BCUT2D eigenvalue weighted by Crippen LogP contribution is -2.05. The van der Waals surface area contributed by atoms with Crippen LogP contribution in [0.4, 0.5) is 20.2 Å². The van der Waals surface area contributed by atoms with Crippen LogP contribution < -0.4 is 0 Å². The van der Waals surface area contributed by atoms with E-state index in [2.05, 4.69) is 15.0 Å². The summed E-state index contributed by atoms with van der Waals surface area (Å²) in [4.78, 5) is 13.5. The molecule has 0 aliphatic heterocycles. The third-order valence-corrected chi connectivity index (χ3v) is 4.39. The van der Waals surface area contributed by atoms with Gasteiger partial charge in [-0.15, -0.1) is 0 Å². The Kier molecular flexibility index (Phi) is 5.73. The van der Waals surface area contributed by atoms with Crippen molar-refractivity contribution >= 4 is 22.8 Å². The first-order valence-corrected chi connectivity index (χ1v) is 8.94. The van der Waals surface area contributed by atoms with Crippen molar-refractivity contribution in [2.45, 2.75) is 27.7 Å². The average Bonchev–Trinajstić information content (AvgIpc) is 2.67. The molecule has 0 N–H and O–H groups in total. The van der Waals surface area contributed by atoms with E-state index in [0.29, 0.717) is 45.3 Å². The molecule has 0 atom stereocenters. The van der Waals surface area contributed by atoms with Gasteiger partial charge in [0.15, 0.2) is 0 Å². The Balaban J connectivity index is 1.90. The van der Waals surface area contributed by atoms with Crippen molar-refractivity contribution in [1.82, 2.24) is 4.98 Å². The third-order valence-electron chi connectivity index (χ3n) is 4.39. The van der Waals surface area contributed by atoms with Crippen molar-refractivity contribution in [3.63, 3.8) is 0 Å². The predicted molar refractivity (Wildman–Crippen MR) is 110 cm³/mol. The zero-order chi connectivity index (χ0) is 20.3. The number of hydrogen-bond donors (Lipinski definition) is 0. The minimum atomic E-state index is -0.288. The van der Waals surface area contributed by atoms with Crippen LogP contribution in [0.3, 0.4) is 0 Å². The Morgan fingerprint density at radius 3 is 1.54 bits per heavy atom. The van der Waals surface area contributed by atoms with Gasteiger partial charge in [0.2, 0.25) is 0 Å². The highest BCUT2D eigenvalue weighted by molar-refractivity contribution is 6.02. The molecular formula is C23H21F2N3. The van der Waals surface area contributed by atoms with Gasteiger partial charge in [0.25, 0.3) is 0 Å². The first-order chi connectivity index (χ1) is 13.3. The van der Waals surface area contributed by atoms with Crippen molar-refractivity contribution in [3.05, 3.63) is 88.7 Å². The molecule has 3 nitrogen and oxygen atoms in total. The summed E-state index contributed by atoms with van der Waals surface area (Å²) in [6.45, 7) is 7.07. The van der Waals surface area contributed by atoms with Crippen molar-refractivity contribution in [1.29, 1.82) is 0 Å². The molecule has 2 aromatic carbocycles. The molecule has 0 aliphatic carbocycles. The molecule has 28 heavy (non-hydrogen) atoms. The molecular weight excluding hydrogens is 356 g/mol. The highest BCUT2D eigenvalue weighted by Gasteiger charge is 2.06. The fourth-order valence-corrected chi connectivity index (χ4v) is 2.64. The molecule has 142 valence electrons. The van der Waals surface area contributed by atoms with Crippen LogP contribution in [0.25, 0.3) is 0 Å². The second-order valence-corrected chi connectivity index (χ2v) is 6.67. The van der Waals surface area contributed by atoms with E-state index in [9.17, 15) is 8.78 Å². The summed E-state index contributed by atoms with van der Waals surface area (Å²) in [6, 6.07) is 15.3. The molecule has 0 fully saturated rings. The maximum Gasteiger partial charge on any atom is 0.128 e. The summed E-state index contributed by atoms with van der Waals surface area (Å²) in [5, 5.41) is 0. The lowest BCUT2D eigenvalue weighted by atomic mass is 10.2. The normalized spacial score (nSPS) is 12.4. The zero-order valence-electron chi connectivity index (χ0n) is 16.3. The fraction of sp³-hybridized carbons (Fsp3) is 0.174. The Hall–Kier alpha value is -3.21. The Bertz CT molecular complexity index is 1000. The quantitative estimate of drug-likeness (QED) is 0.495. The van der Waals surface area contributed by atoms with Crippen LogP contribution >= 0.6 is 0 Å². The molecule has 5 heteroatoms. The van der Waals surface area contributed by atoms with Gasteiger partial charge in [-0.2, -0.15) is 0 Å². The summed E-state index contributed by atoms with van der Waals surface area (Å²) < 4.78 is 27.5. The van der Waals surface area contributed by atoms with Gasteiger partial charge in [-0.25, -0.2) is 13.8 Å². The monoisotopic (exact) mass is 377 g/mol. The smallest absolute Gasteiger partial charge is 0.128 e. The topological polar surface area (TPSA) is 37.6 Å². The molecule has 0 aliphatic rings. The number of aliphatic imine (C=N–C) groups is 2. The summed E-state index contributed by atoms with van der Waals surface area (Å²) in [5.74, 6) is -0.576. The van der Waals surface area contributed by atoms with Gasteiger partial charge < -0.3 is 0 Å². The molecule has 0 unspecified atom stereocenters. The molecule has 0 radical (unpaired) electrons. The van der Waals surface area contributed by atoms with E-state index in [0.717, 1.165) is 0 Å². The van der Waals surface area contributed by atoms with Gasteiger partial charge in [-0.3, -0.25) is 9.98 Å². The first kappa shape index (κ1) is 19.5. The van der Waals surface area contributed by atoms with Crippen molar-refractivity contribution in [2.24, 2.45) is 9.98 Å². The van der Waals surface area contributed by atoms with Crippen LogP contribution in [-0.2, 0) is 0 Å². The van der Waals surface area contributed by atoms with Gasteiger partial charge >= 0.3 is 0 Å². The van der Waals surface area contributed by atoms with E-state index in [1.165, 1.54) is 12.1 Å². The van der Waals surface area contributed by atoms with Crippen molar-refractivity contribution in [2.75, 3.05) is 0 Å². The number of aryl methyl sites for hydroxylation is 2. The number of aromatic nitrogens is 1. The number of benzene rings is 2. The van der Waals surface area contributed by atoms with Crippen molar-refractivity contribution < 1.29 is 8.78 Å². The van der Waals surface area contributed by atoms with E-state index in [4.69, 9.17) is 0 Å². The molecule has 0 bridgehead atoms. The molecule has 3 aromatic rings. The second-order valence-electron chi connectivity index (χ2n) is 6.67. The fourth-order valence-electron chi connectivity index (χ4n) is 2.64. The van der Waals surface area contributed by atoms with Crippen LogP contribution in [-0.4, -0.2) is 16.4 Å². The summed E-state index contributed by atoms with van der Waals surface area (Å²) in [7, 11) is 0.